The summed E-state index contributed by atoms with van der Waals surface area (Å²) in [5.41, 5.74) is 3.71. The van der Waals surface area contributed by atoms with E-state index in [9.17, 15) is 15.2 Å². The highest BCUT2D eigenvalue weighted by molar-refractivity contribution is 5.83. The number of benzene rings is 2. The summed E-state index contributed by atoms with van der Waals surface area (Å²) in [4.78, 5) is 10.3. The number of nitrogens with one attached hydrogen (secondary N) is 1. The number of ether oxygens (including phenoxy) is 3. The number of nitro benzene ring substituents is 1. The maximum Gasteiger partial charge on any atom is 0.315 e. The van der Waals surface area contributed by atoms with E-state index in [0.29, 0.717) is 23.6 Å². The van der Waals surface area contributed by atoms with Crippen molar-refractivity contribution in [3.8, 4) is 23.0 Å². The molecule has 2 aromatic carbocycles. The summed E-state index contributed by atoms with van der Waals surface area (Å²) in [6.45, 7) is 0.411. The molecule has 0 aliphatic rings. The molecule has 2 rings (SSSR count). The Morgan fingerprint density at radius 3 is 2.42 bits per heavy atom. The summed E-state index contributed by atoms with van der Waals surface area (Å²) < 4.78 is 15.3. The summed E-state index contributed by atoms with van der Waals surface area (Å²) in [6.07, 6.45) is 1.40. The molecule has 138 valence electrons. The van der Waals surface area contributed by atoms with Gasteiger partial charge in [-0.1, -0.05) is 6.07 Å². The summed E-state index contributed by atoms with van der Waals surface area (Å²) in [5.74, 6) is 0.714. The lowest BCUT2D eigenvalue weighted by Gasteiger charge is -2.09. The molecule has 0 bridgehead atoms. The van der Waals surface area contributed by atoms with Crippen LogP contribution in [0, 0.1) is 10.1 Å². The molecule has 0 fully saturated rings. The Labute approximate surface area is 150 Å². The minimum absolute atomic E-state index is 0.000501. The number of phenols is 1. The van der Waals surface area contributed by atoms with Gasteiger partial charge in [-0.15, -0.1) is 0 Å². The van der Waals surface area contributed by atoms with Gasteiger partial charge in [0, 0.05) is 11.6 Å². The molecule has 0 saturated heterocycles. The van der Waals surface area contributed by atoms with E-state index in [0.717, 1.165) is 5.56 Å². The molecule has 0 aromatic heterocycles. The second-order valence-electron chi connectivity index (χ2n) is 5.13. The van der Waals surface area contributed by atoms with E-state index in [1.54, 1.807) is 20.3 Å². The molecule has 0 unspecified atom stereocenters. The first-order valence-corrected chi connectivity index (χ1v) is 7.52. The van der Waals surface area contributed by atoms with Gasteiger partial charge in [0.05, 0.1) is 39.0 Å². The van der Waals surface area contributed by atoms with Crippen molar-refractivity contribution in [2.24, 2.45) is 5.10 Å². The third-order valence-corrected chi connectivity index (χ3v) is 3.53. The Kier molecular flexibility index (Phi) is 6.20. The van der Waals surface area contributed by atoms with E-state index in [2.05, 4.69) is 10.5 Å². The number of rotatable bonds is 8. The van der Waals surface area contributed by atoms with Crippen LogP contribution in [0.5, 0.6) is 23.0 Å². The van der Waals surface area contributed by atoms with Crippen molar-refractivity contribution >= 4 is 11.9 Å². The van der Waals surface area contributed by atoms with Crippen molar-refractivity contribution in [2.45, 2.75) is 6.54 Å². The molecule has 0 heterocycles. The third kappa shape index (κ3) is 4.32. The normalized spacial score (nSPS) is 10.6. The highest BCUT2D eigenvalue weighted by atomic mass is 16.6. The number of hydrogen-bond donors (Lipinski definition) is 2. The van der Waals surface area contributed by atoms with Gasteiger partial charge in [0.25, 0.3) is 0 Å². The van der Waals surface area contributed by atoms with Crippen LogP contribution in [0.1, 0.15) is 11.1 Å². The fraction of sp³-hybridized carbons (Fsp3) is 0.235. The smallest absolute Gasteiger partial charge is 0.315 e. The van der Waals surface area contributed by atoms with Crippen molar-refractivity contribution in [3.63, 3.8) is 0 Å². The first kappa shape index (κ1) is 18.8. The van der Waals surface area contributed by atoms with E-state index >= 15 is 0 Å². The van der Waals surface area contributed by atoms with Crippen LogP contribution in [-0.2, 0) is 6.54 Å². The van der Waals surface area contributed by atoms with E-state index in [1.165, 1.54) is 25.5 Å². The Morgan fingerprint density at radius 2 is 1.81 bits per heavy atom. The number of hydrogen-bond acceptors (Lipinski definition) is 8. The number of phenolic OH excluding ortho intramolecular Hbond substituents is 1. The fourth-order valence-electron chi connectivity index (χ4n) is 2.23. The predicted molar refractivity (Wildman–Crippen MR) is 95.3 cm³/mol. The maximum atomic E-state index is 11.0. The lowest BCUT2D eigenvalue weighted by molar-refractivity contribution is -0.386. The van der Waals surface area contributed by atoms with Crippen LogP contribution in [0.2, 0.25) is 0 Å². The molecule has 0 spiro atoms. The number of nitrogens with zero attached hydrogens (tertiary/aromatic N) is 2. The molecule has 2 N–H and O–H groups in total. The van der Waals surface area contributed by atoms with Crippen molar-refractivity contribution in [2.75, 3.05) is 21.3 Å². The average molecular weight is 361 g/mol. The van der Waals surface area contributed by atoms with Crippen LogP contribution < -0.4 is 19.6 Å². The van der Waals surface area contributed by atoms with Gasteiger partial charge in [-0.2, -0.15) is 5.10 Å². The molecular weight excluding hydrogens is 342 g/mol. The van der Waals surface area contributed by atoms with Gasteiger partial charge in [0.1, 0.15) is 0 Å². The minimum atomic E-state index is -0.688. The zero-order chi connectivity index (χ0) is 19.1. The van der Waals surface area contributed by atoms with E-state index in [4.69, 9.17) is 14.2 Å². The topological polar surface area (TPSA) is 115 Å². The highest BCUT2D eigenvalue weighted by Gasteiger charge is 2.19. The summed E-state index contributed by atoms with van der Waals surface area (Å²) in [5, 5.41) is 24.8. The van der Waals surface area contributed by atoms with Crippen LogP contribution >= 0.6 is 0 Å². The molecule has 26 heavy (non-hydrogen) atoms. The largest absolute Gasteiger partial charge is 0.500 e. The number of hydrazone groups is 1. The Balaban J connectivity index is 2.09. The SMILES string of the molecule is COc1ccc(CN/N=C\c2cc(OC)c(O)c([N+](=O)[O-])c2)cc1OC. The quantitative estimate of drug-likeness (QED) is 0.421. The van der Waals surface area contributed by atoms with Crippen molar-refractivity contribution in [1.29, 1.82) is 0 Å². The molecule has 9 heteroatoms. The third-order valence-electron chi connectivity index (χ3n) is 3.53. The van der Waals surface area contributed by atoms with Crippen LogP contribution in [0.3, 0.4) is 0 Å². The van der Waals surface area contributed by atoms with E-state index < -0.39 is 16.4 Å². The molecule has 0 radical (unpaired) electrons. The lowest BCUT2D eigenvalue weighted by Crippen LogP contribution is -2.06. The van der Waals surface area contributed by atoms with Crippen molar-refractivity contribution in [3.05, 3.63) is 51.6 Å². The van der Waals surface area contributed by atoms with E-state index in [-0.39, 0.29) is 5.75 Å². The fourth-order valence-corrected chi connectivity index (χ4v) is 2.23. The molecule has 0 saturated carbocycles. The second-order valence-corrected chi connectivity index (χ2v) is 5.13. The number of nitro groups is 1. The summed E-state index contributed by atoms with van der Waals surface area (Å²) in [6, 6.07) is 8.12. The monoisotopic (exact) mass is 361 g/mol. The summed E-state index contributed by atoms with van der Waals surface area (Å²) in [7, 11) is 4.43. The molecular formula is C17H19N3O6. The van der Waals surface area contributed by atoms with Gasteiger partial charge < -0.3 is 24.7 Å². The van der Waals surface area contributed by atoms with Crippen LogP contribution in [0.25, 0.3) is 0 Å². The van der Waals surface area contributed by atoms with Gasteiger partial charge >= 0.3 is 5.69 Å². The number of methoxy groups -OCH3 is 3. The first-order valence-electron chi connectivity index (χ1n) is 7.52. The summed E-state index contributed by atoms with van der Waals surface area (Å²) >= 11 is 0. The van der Waals surface area contributed by atoms with Crippen LogP contribution in [0.15, 0.2) is 35.4 Å². The van der Waals surface area contributed by atoms with E-state index in [1.807, 2.05) is 12.1 Å². The average Bonchev–Trinajstić information content (AvgIpc) is 2.65. The Bertz CT molecular complexity index is 822. The zero-order valence-corrected chi connectivity index (χ0v) is 14.6. The molecule has 0 amide bonds. The predicted octanol–water partition coefficient (Wildman–Crippen LogP) is 2.45. The van der Waals surface area contributed by atoms with Crippen LogP contribution in [0.4, 0.5) is 5.69 Å². The van der Waals surface area contributed by atoms with Crippen LogP contribution in [-0.4, -0.2) is 37.6 Å². The van der Waals surface area contributed by atoms with Gasteiger partial charge in [-0.25, -0.2) is 0 Å². The van der Waals surface area contributed by atoms with Gasteiger partial charge in [-0.05, 0) is 23.8 Å². The molecule has 2 aromatic rings. The highest BCUT2D eigenvalue weighted by Crippen LogP contribution is 2.36. The van der Waals surface area contributed by atoms with Crippen molar-refractivity contribution < 1.29 is 24.2 Å². The Hall–Kier alpha value is -3.49. The molecule has 0 aliphatic heterocycles. The van der Waals surface area contributed by atoms with Gasteiger partial charge in [-0.3, -0.25) is 10.1 Å². The van der Waals surface area contributed by atoms with Crippen molar-refractivity contribution in [1.82, 2.24) is 5.43 Å². The molecule has 0 aliphatic carbocycles. The standard InChI is InChI=1S/C17H19N3O6/c1-24-14-5-4-11(7-15(14)25-2)9-18-19-10-12-6-13(20(22)23)17(21)16(8-12)26-3/h4-8,10,18,21H,9H2,1-3H3/b19-10-. The maximum absolute atomic E-state index is 11.0. The number of aromatic hydroxyl groups is 1. The van der Waals surface area contributed by atoms with Gasteiger partial charge in [0.15, 0.2) is 17.2 Å². The molecule has 9 nitrogen and oxygen atoms in total. The van der Waals surface area contributed by atoms with Gasteiger partial charge in [0.2, 0.25) is 5.75 Å². The zero-order valence-electron chi connectivity index (χ0n) is 14.6. The molecule has 0 atom stereocenters. The lowest BCUT2D eigenvalue weighted by atomic mass is 10.2. The first-order chi connectivity index (χ1) is 12.5. The second kappa shape index (κ2) is 8.56. The Morgan fingerprint density at radius 1 is 1.12 bits per heavy atom. The minimum Gasteiger partial charge on any atom is -0.500 e.